The van der Waals surface area contributed by atoms with Crippen molar-refractivity contribution in [2.45, 2.75) is 6.92 Å². The fraction of sp³-hybridized carbons (Fsp3) is 0.154. The SMILES string of the molecule is CCN(c1ccccc1)c1nc(N)nc(-n2cncn2)n1. The maximum absolute atomic E-state index is 5.79. The van der Waals surface area contributed by atoms with Crippen LogP contribution in [0.4, 0.5) is 17.6 Å². The molecule has 0 bridgehead atoms. The molecule has 0 unspecified atom stereocenters. The monoisotopic (exact) mass is 282 g/mol. The molecule has 3 rings (SSSR count). The highest BCUT2D eigenvalue weighted by molar-refractivity contribution is 5.57. The Morgan fingerprint density at radius 2 is 1.95 bits per heavy atom. The van der Waals surface area contributed by atoms with Crippen LogP contribution in [0.25, 0.3) is 5.95 Å². The van der Waals surface area contributed by atoms with Gasteiger partial charge in [-0.25, -0.2) is 4.98 Å². The number of nitrogens with zero attached hydrogens (tertiary/aromatic N) is 7. The summed E-state index contributed by atoms with van der Waals surface area (Å²) in [6.45, 7) is 2.71. The molecule has 8 nitrogen and oxygen atoms in total. The van der Waals surface area contributed by atoms with E-state index in [1.165, 1.54) is 17.3 Å². The van der Waals surface area contributed by atoms with Crippen molar-refractivity contribution in [3.8, 4) is 5.95 Å². The van der Waals surface area contributed by atoms with Crippen molar-refractivity contribution in [2.75, 3.05) is 17.2 Å². The van der Waals surface area contributed by atoms with Gasteiger partial charge < -0.3 is 10.6 Å². The molecule has 0 atom stereocenters. The van der Waals surface area contributed by atoms with E-state index in [1.807, 2.05) is 42.2 Å². The molecule has 2 aromatic heterocycles. The van der Waals surface area contributed by atoms with Gasteiger partial charge in [0.05, 0.1) is 0 Å². The quantitative estimate of drug-likeness (QED) is 0.767. The van der Waals surface area contributed by atoms with Crippen LogP contribution in [-0.2, 0) is 0 Å². The number of anilines is 3. The minimum Gasteiger partial charge on any atom is -0.368 e. The van der Waals surface area contributed by atoms with Gasteiger partial charge in [0.1, 0.15) is 12.7 Å². The Balaban J connectivity index is 2.05. The summed E-state index contributed by atoms with van der Waals surface area (Å²) in [6, 6.07) is 9.85. The minimum atomic E-state index is 0.139. The third-order valence-corrected chi connectivity index (χ3v) is 2.88. The van der Waals surface area contributed by atoms with E-state index >= 15 is 0 Å². The van der Waals surface area contributed by atoms with Gasteiger partial charge >= 0.3 is 0 Å². The van der Waals surface area contributed by atoms with Gasteiger partial charge in [-0.05, 0) is 19.1 Å². The third-order valence-electron chi connectivity index (χ3n) is 2.88. The van der Waals surface area contributed by atoms with E-state index in [9.17, 15) is 0 Å². The van der Waals surface area contributed by atoms with Crippen LogP contribution in [-0.4, -0.2) is 36.3 Å². The maximum Gasteiger partial charge on any atom is 0.258 e. The lowest BCUT2D eigenvalue weighted by molar-refractivity contribution is 0.788. The zero-order chi connectivity index (χ0) is 14.7. The van der Waals surface area contributed by atoms with Crippen molar-refractivity contribution < 1.29 is 0 Å². The molecule has 0 saturated carbocycles. The Kier molecular flexibility index (Phi) is 3.42. The fourth-order valence-corrected chi connectivity index (χ4v) is 1.95. The van der Waals surface area contributed by atoms with E-state index in [2.05, 4.69) is 25.0 Å². The highest BCUT2D eigenvalue weighted by atomic mass is 15.4. The Morgan fingerprint density at radius 1 is 1.14 bits per heavy atom. The van der Waals surface area contributed by atoms with Gasteiger partial charge in [0.2, 0.25) is 11.9 Å². The van der Waals surface area contributed by atoms with Crippen LogP contribution in [0.2, 0.25) is 0 Å². The van der Waals surface area contributed by atoms with Gasteiger partial charge in [-0.15, -0.1) is 0 Å². The Hall–Kier alpha value is -3.03. The number of nitrogens with two attached hydrogens (primary N) is 1. The highest BCUT2D eigenvalue weighted by Gasteiger charge is 2.14. The lowest BCUT2D eigenvalue weighted by Crippen LogP contribution is -2.21. The summed E-state index contributed by atoms with van der Waals surface area (Å²) >= 11 is 0. The van der Waals surface area contributed by atoms with E-state index in [4.69, 9.17) is 5.73 Å². The summed E-state index contributed by atoms with van der Waals surface area (Å²) in [5.74, 6) is 0.950. The highest BCUT2D eigenvalue weighted by Crippen LogP contribution is 2.22. The molecule has 0 aliphatic heterocycles. The second-order valence-electron chi connectivity index (χ2n) is 4.21. The summed E-state index contributed by atoms with van der Waals surface area (Å²) < 4.78 is 1.44. The number of aromatic nitrogens is 6. The zero-order valence-electron chi connectivity index (χ0n) is 11.5. The molecule has 0 saturated heterocycles. The molecule has 0 fully saturated rings. The van der Waals surface area contributed by atoms with E-state index in [1.54, 1.807) is 0 Å². The zero-order valence-corrected chi connectivity index (χ0v) is 11.5. The molecule has 2 heterocycles. The van der Waals surface area contributed by atoms with Crippen molar-refractivity contribution in [2.24, 2.45) is 0 Å². The number of nitrogen functional groups attached to an aromatic ring is 1. The summed E-state index contributed by atoms with van der Waals surface area (Å²) in [7, 11) is 0. The second kappa shape index (κ2) is 5.53. The first-order chi connectivity index (χ1) is 10.3. The van der Waals surface area contributed by atoms with Crippen LogP contribution in [0.1, 0.15) is 6.92 Å². The molecule has 0 aliphatic rings. The van der Waals surface area contributed by atoms with Gasteiger partial charge in [0, 0.05) is 12.2 Å². The fourth-order valence-electron chi connectivity index (χ4n) is 1.95. The average molecular weight is 282 g/mol. The van der Waals surface area contributed by atoms with Crippen LogP contribution >= 0.6 is 0 Å². The van der Waals surface area contributed by atoms with E-state index in [0.717, 1.165) is 5.69 Å². The molecule has 0 spiro atoms. The number of hydrogen-bond donors (Lipinski definition) is 1. The smallest absolute Gasteiger partial charge is 0.258 e. The molecule has 0 aliphatic carbocycles. The molecule has 0 radical (unpaired) electrons. The molecule has 2 N–H and O–H groups in total. The Morgan fingerprint density at radius 3 is 2.62 bits per heavy atom. The van der Waals surface area contributed by atoms with Crippen LogP contribution in [0.3, 0.4) is 0 Å². The second-order valence-corrected chi connectivity index (χ2v) is 4.21. The van der Waals surface area contributed by atoms with Crippen LogP contribution in [0.15, 0.2) is 43.0 Å². The standard InChI is InChI=1S/C13H14N8/c1-2-20(10-6-4-3-5-7-10)12-17-11(14)18-13(19-12)21-9-15-8-16-21/h3-9H,2H2,1H3,(H2,14,17,18,19). The molecule has 0 amide bonds. The number of hydrogen-bond acceptors (Lipinski definition) is 7. The first-order valence-corrected chi connectivity index (χ1v) is 6.47. The van der Waals surface area contributed by atoms with Gasteiger partial charge in [-0.1, -0.05) is 18.2 Å². The number of rotatable bonds is 4. The van der Waals surface area contributed by atoms with E-state index in [0.29, 0.717) is 18.4 Å². The Labute approximate surface area is 121 Å². The van der Waals surface area contributed by atoms with Crippen LogP contribution in [0, 0.1) is 0 Å². The molecular weight excluding hydrogens is 268 g/mol. The van der Waals surface area contributed by atoms with Crippen molar-refractivity contribution >= 4 is 17.6 Å². The van der Waals surface area contributed by atoms with E-state index < -0.39 is 0 Å². The van der Waals surface area contributed by atoms with Crippen LogP contribution < -0.4 is 10.6 Å². The van der Waals surface area contributed by atoms with Gasteiger partial charge in [0.15, 0.2) is 0 Å². The lowest BCUT2D eigenvalue weighted by Gasteiger charge is -2.21. The Bertz CT molecular complexity index is 710. The minimum absolute atomic E-state index is 0.139. The third kappa shape index (κ3) is 2.64. The van der Waals surface area contributed by atoms with Crippen molar-refractivity contribution in [1.29, 1.82) is 0 Å². The summed E-state index contributed by atoms with van der Waals surface area (Å²) in [5.41, 5.74) is 6.77. The normalized spacial score (nSPS) is 10.5. The average Bonchev–Trinajstić information content (AvgIpc) is 3.03. The molecule has 21 heavy (non-hydrogen) atoms. The number of para-hydroxylation sites is 1. The maximum atomic E-state index is 5.79. The predicted molar refractivity (Wildman–Crippen MR) is 78.3 cm³/mol. The van der Waals surface area contributed by atoms with E-state index in [-0.39, 0.29) is 5.95 Å². The van der Waals surface area contributed by atoms with Crippen molar-refractivity contribution in [3.63, 3.8) is 0 Å². The van der Waals surface area contributed by atoms with Crippen molar-refractivity contribution in [1.82, 2.24) is 29.7 Å². The largest absolute Gasteiger partial charge is 0.368 e. The van der Waals surface area contributed by atoms with Crippen LogP contribution in [0.5, 0.6) is 0 Å². The molecule has 8 heteroatoms. The van der Waals surface area contributed by atoms with Gasteiger partial charge in [-0.3, -0.25) is 0 Å². The number of benzene rings is 1. The summed E-state index contributed by atoms with van der Waals surface area (Å²) in [5, 5.41) is 4.01. The first-order valence-electron chi connectivity index (χ1n) is 6.47. The molecular formula is C13H14N8. The van der Waals surface area contributed by atoms with Crippen molar-refractivity contribution in [3.05, 3.63) is 43.0 Å². The summed E-state index contributed by atoms with van der Waals surface area (Å²) in [4.78, 5) is 18.5. The first kappa shape index (κ1) is 13.0. The lowest BCUT2D eigenvalue weighted by atomic mass is 10.3. The molecule has 3 aromatic rings. The van der Waals surface area contributed by atoms with Gasteiger partial charge in [0.25, 0.3) is 5.95 Å². The predicted octanol–water partition coefficient (Wildman–Crippen LogP) is 1.19. The topological polar surface area (TPSA) is 98.6 Å². The summed E-state index contributed by atoms with van der Waals surface area (Å²) in [6.07, 6.45) is 2.92. The van der Waals surface area contributed by atoms with Gasteiger partial charge in [-0.2, -0.15) is 24.7 Å². The molecule has 106 valence electrons. The molecule has 1 aromatic carbocycles.